The second-order valence-corrected chi connectivity index (χ2v) is 8.99. The Hall–Kier alpha value is -3.34. The second-order valence-electron chi connectivity index (χ2n) is 6.71. The molecule has 0 bridgehead atoms. The van der Waals surface area contributed by atoms with E-state index < -0.39 is 5.91 Å². The predicted molar refractivity (Wildman–Crippen MR) is 121 cm³/mol. The molecule has 2 aromatic carbocycles. The Balaban J connectivity index is 1.49. The molecule has 1 amide bonds. The SMILES string of the molecule is Cc1cc(C)cc(NC(=O)/C(C#N)=C/c2ccc(Sc3nc4ccccc4s3)o2)c1. The first kappa shape index (κ1) is 20.0. The number of fused-ring (bicyclic) bond motifs is 1. The Morgan fingerprint density at radius 3 is 2.67 bits per heavy atom. The molecular weight excluding hydrogens is 414 g/mol. The number of anilines is 1. The Morgan fingerprint density at radius 1 is 1.17 bits per heavy atom. The van der Waals surface area contributed by atoms with Crippen molar-refractivity contribution >= 4 is 51.0 Å². The number of benzene rings is 2. The maximum absolute atomic E-state index is 12.5. The van der Waals surface area contributed by atoms with E-state index in [1.54, 1.807) is 23.5 Å². The van der Waals surface area contributed by atoms with Crippen LogP contribution in [0.5, 0.6) is 0 Å². The number of hydrogen-bond donors (Lipinski definition) is 1. The number of para-hydroxylation sites is 1. The number of aromatic nitrogens is 1. The average molecular weight is 432 g/mol. The van der Waals surface area contributed by atoms with E-state index in [-0.39, 0.29) is 5.57 Å². The highest BCUT2D eigenvalue weighted by molar-refractivity contribution is 8.01. The molecule has 1 N–H and O–H groups in total. The van der Waals surface area contributed by atoms with Crippen molar-refractivity contribution in [2.45, 2.75) is 23.3 Å². The van der Waals surface area contributed by atoms with Gasteiger partial charge in [-0.2, -0.15) is 5.26 Å². The van der Waals surface area contributed by atoms with Gasteiger partial charge in [-0.1, -0.05) is 18.2 Å². The monoisotopic (exact) mass is 431 g/mol. The van der Waals surface area contributed by atoms with Crippen LogP contribution in [0.1, 0.15) is 16.9 Å². The standard InChI is InChI=1S/C23H17N3O2S2/c1-14-9-15(2)11-17(10-14)25-22(27)16(13-24)12-18-7-8-21(28-18)30-23-26-19-5-3-4-6-20(19)29-23/h3-12H,1-2H3,(H,25,27)/b16-12+. The minimum atomic E-state index is -0.473. The number of rotatable bonds is 5. The van der Waals surface area contributed by atoms with Gasteiger partial charge in [-0.15, -0.1) is 11.3 Å². The fourth-order valence-corrected chi connectivity index (χ4v) is 4.95. The summed E-state index contributed by atoms with van der Waals surface area (Å²) >= 11 is 3.00. The van der Waals surface area contributed by atoms with Gasteiger partial charge < -0.3 is 9.73 Å². The summed E-state index contributed by atoms with van der Waals surface area (Å²) in [6.07, 6.45) is 1.44. The summed E-state index contributed by atoms with van der Waals surface area (Å²) in [5.74, 6) is -0.0370. The number of aryl methyl sites for hydroxylation is 2. The minimum absolute atomic E-state index is 0.0277. The molecule has 148 valence electrons. The highest BCUT2D eigenvalue weighted by Crippen LogP contribution is 2.35. The van der Waals surface area contributed by atoms with E-state index in [1.807, 2.05) is 62.4 Å². The fraction of sp³-hybridized carbons (Fsp3) is 0.0870. The van der Waals surface area contributed by atoms with Gasteiger partial charge in [0.1, 0.15) is 17.4 Å². The molecule has 0 radical (unpaired) electrons. The molecule has 0 fully saturated rings. The lowest BCUT2D eigenvalue weighted by molar-refractivity contribution is -0.112. The van der Waals surface area contributed by atoms with Gasteiger partial charge >= 0.3 is 0 Å². The molecule has 4 aromatic rings. The topological polar surface area (TPSA) is 78.9 Å². The van der Waals surface area contributed by atoms with Crippen molar-refractivity contribution in [2.24, 2.45) is 0 Å². The Morgan fingerprint density at radius 2 is 1.93 bits per heavy atom. The molecule has 0 aliphatic carbocycles. The molecule has 4 rings (SSSR count). The molecule has 2 aromatic heterocycles. The zero-order valence-corrected chi connectivity index (χ0v) is 17.9. The predicted octanol–water partition coefficient (Wildman–Crippen LogP) is 6.20. The smallest absolute Gasteiger partial charge is 0.266 e. The highest BCUT2D eigenvalue weighted by atomic mass is 32.2. The van der Waals surface area contributed by atoms with Crippen molar-refractivity contribution in [3.8, 4) is 6.07 Å². The third kappa shape index (κ3) is 4.62. The van der Waals surface area contributed by atoms with Gasteiger partial charge in [-0.25, -0.2) is 4.98 Å². The van der Waals surface area contributed by atoms with E-state index in [2.05, 4.69) is 10.3 Å². The van der Waals surface area contributed by atoms with Crippen molar-refractivity contribution in [3.05, 3.63) is 77.1 Å². The molecule has 0 spiro atoms. The minimum Gasteiger partial charge on any atom is -0.450 e. The third-order valence-electron chi connectivity index (χ3n) is 4.20. The van der Waals surface area contributed by atoms with Crippen LogP contribution in [0.25, 0.3) is 16.3 Å². The molecule has 0 saturated carbocycles. The molecule has 0 saturated heterocycles. The number of thiazole rings is 1. The van der Waals surface area contributed by atoms with Gasteiger partial charge in [0, 0.05) is 11.8 Å². The van der Waals surface area contributed by atoms with Crippen molar-refractivity contribution in [1.82, 2.24) is 4.98 Å². The van der Waals surface area contributed by atoms with E-state index in [1.165, 1.54) is 17.8 Å². The molecule has 30 heavy (non-hydrogen) atoms. The fourth-order valence-electron chi connectivity index (χ4n) is 2.98. The van der Waals surface area contributed by atoms with Crippen LogP contribution in [0.3, 0.4) is 0 Å². The van der Waals surface area contributed by atoms with E-state index >= 15 is 0 Å². The molecule has 7 heteroatoms. The maximum Gasteiger partial charge on any atom is 0.266 e. The zero-order valence-electron chi connectivity index (χ0n) is 16.3. The molecule has 0 atom stereocenters. The Labute approximate surface area is 182 Å². The van der Waals surface area contributed by atoms with Crippen LogP contribution < -0.4 is 5.32 Å². The van der Waals surface area contributed by atoms with Crippen LogP contribution in [0.2, 0.25) is 0 Å². The quantitative estimate of drug-likeness (QED) is 0.300. The van der Waals surface area contributed by atoms with Crippen LogP contribution in [-0.4, -0.2) is 10.9 Å². The van der Waals surface area contributed by atoms with Gasteiger partial charge in [0.25, 0.3) is 5.91 Å². The van der Waals surface area contributed by atoms with Gasteiger partial charge in [0.05, 0.1) is 10.2 Å². The van der Waals surface area contributed by atoms with Crippen molar-refractivity contribution in [3.63, 3.8) is 0 Å². The lowest BCUT2D eigenvalue weighted by Crippen LogP contribution is -2.13. The number of furan rings is 1. The lowest BCUT2D eigenvalue weighted by Gasteiger charge is -2.06. The largest absolute Gasteiger partial charge is 0.450 e. The van der Waals surface area contributed by atoms with Crippen LogP contribution in [-0.2, 0) is 4.79 Å². The Kier molecular flexibility index (Phi) is 5.70. The van der Waals surface area contributed by atoms with E-state index in [9.17, 15) is 10.1 Å². The maximum atomic E-state index is 12.5. The van der Waals surface area contributed by atoms with Gasteiger partial charge in [-0.05, 0) is 73.1 Å². The molecular formula is C23H17N3O2S2. The first-order valence-electron chi connectivity index (χ1n) is 9.15. The number of nitrogens with one attached hydrogen (secondary N) is 1. The van der Waals surface area contributed by atoms with Gasteiger partial charge in [0.15, 0.2) is 9.43 Å². The van der Waals surface area contributed by atoms with Crippen LogP contribution in [0, 0.1) is 25.2 Å². The van der Waals surface area contributed by atoms with E-state index in [0.717, 1.165) is 25.7 Å². The first-order valence-corrected chi connectivity index (χ1v) is 10.8. The average Bonchev–Trinajstić information content (AvgIpc) is 3.31. The summed E-state index contributed by atoms with van der Waals surface area (Å²) in [7, 11) is 0. The molecule has 2 heterocycles. The van der Waals surface area contributed by atoms with Crippen LogP contribution >= 0.6 is 23.1 Å². The number of carbonyl (C=O) groups excluding carboxylic acids is 1. The van der Waals surface area contributed by atoms with Crippen molar-refractivity contribution < 1.29 is 9.21 Å². The molecule has 5 nitrogen and oxygen atoms in total. The zero-order chi connectivity index (χ0) is 21.1. The number of nitriles is 1. The van der Waals surface area contributed by atoms with Crippen molar-refractivity contribution in [1.29, 1.82) is 5.26 Å². The third-order valence-corrected chi connectivity index (χ3v) is 6.21. The van der Waals surface area contributed by atoms with E-state index in [0.29, 0.717) is 16.5 Å². The molecule has 0 aliphatic rings. The molecule has 0 aliphatic heterocycles. The number of amides is 1. The first-order chi connectivity index (χ1) is 14.5. The summed E-state index contributed by atoms with van der Waals surface area (Å²) in [5, 5.41) is 12.9. The summed E-state index contributed by atoms with van der Waals surface area (Å²) in [4.78, 5) is 17.1. The number of hydrogen-bond acceptors (Lipinski definition) is 6. The van der Waals surface area contributed by atoms with E-state index in [4.69, 9.17) is 4.42 Å². The van der Waals surface area contributed by atoms with Gasteiger partial charge in [0.2, 0.25) is 0 Å². The normalized spacial score (nSPS) is 11.4. The highest BCUT2D eigenvalue weighted by Gasteiger charge is 2.13. The summed E-state index contributed by atoms with van der Waals surface area (Å²) in [6, 6.07) is 19.2. The van der Waals surface area contributed by atoms with Crippen LogP contribution in [0.15, 0.2) is 74.0 Å². The summed E-state index contributed by atoms with van der Waals surface area (Å²) in [5.41, 5.74) is 3.65. The Bertz CT molecular complexity index is 1260. The van der Waals surface area contributed by atoms with Crippen LogP contribution in [0.4, 0.5) is 5.69 Å². The number of carbonyl (C=O) groups is 1. The summed E-state index contributed by atoms with van der Waals surface area (Å²) in [6.45, 7) is 3.91. The van der Waals surface area contributed by atoms with Crippen molar-refractivity contribution in [2.75, 3.05) is 5.32 Å². The second kappa shape index (κ2) is 8.57. The molecule has 0 unspecified atom stereocenters. The number of nitrogens with zero attached hydrogens (tertiary/aromatic N) is 2. The summed E-state index contributed by atoms with van der Waals surface area (Å²) < 4.78 is 7.76. The van der Waals surface area contributed by atoms with Gasteiger partial charge in [-0.3, -0.25) is 4.79 Å². The lowest BCUT2D eigenvalue weighted by atomic mass is 10.1.